The van der Waals surface area contributed by atoms with E-state index in [0.29, 0.717) is 17.9 Å². The Morgan fingerprint density at radius 3 is 2.04 bits per heavy atom. The van der Waals surface area contributed by atoms with E-state index in [2.05, 4.69) is 43.4 Å². The average Bonchev–Trinajstić information content (AvgIpc) is 3.54. The minimum absolute atomic E-state index is 0.0655. The van der Waals surface area contributed by atoms with Gasteiger partial charge in [-0.3, -0.25) is 4.57 Å². The Bertz CT molecular complexity index is 1760. The van der Waals surface area contributed by atoms with Gasteiger partial charge >= 0.3 is 5.69 Å². The molecule has 5 rings (SSSR count). The van der Waals surface area contributed by atoms with Gasteiger partial charge in [0.1, 0.15) is 35.2 Å². The summed E-state index contributed by atoms with van der Waals surface area (Å²) in [5.41, 5.74) is 6.81. The molecule has 4 unspecified atom stereocenters. The van der Waals surface area contributed by atoms with E-state index < -0.39 is 38.3 Å². The Morgan fingerprint density at radius 2 is 1.52 bits per heavy atom. The molecular formula is C39H48N5O7P. The van der Waals surface area contributed by atoms with Crippen LogP contribution in [0.25, 0.3) is 0 Å². The fourth-order valence-electron chi connectivity index (χ4n) is 6.47. The first-order chi connectivity index (χ1) is 25.1. The summed E-state index contributed by atoms with van der Waals surface area (Å²) in [4.78, 5) is 17.0. The van der Waals surface area contributed by atoms with Crippen LogP contribution < -0.4 is 20.9 Å². The van der Waals surface area contributed by atoms with Gasteiger partial charge in [0.25, 0.3) is 8.53 Å². The second kappa shape index (κ2) is 17.9. The number of benzene rings is 3. The van der Waals surface area contributed by atoms with E-state index in [1.807, 2.05) is 78.9 Å². The third-order valence-electron chi connectivity index (χ3n) is 8.87. The highest BCUT2D eigenvalue weighted by Gasteiger charge is 2.45. The van der Waals surface area contributed by atoms with Crippen LogP contribution in [0.15, 0.2) is 95.9 Å². The van der Waals surface area contributed by atoms with Gasteiger partial charge < -0.3 is 33.7 Å². The second-order valence-corrected chi connectivity index (χ2v) is 14.3. The third kappa shape index (κ3) is 8.81. The van der Waals surface area contributed by atoms with Gasteiger partial charge in [-0.2, -0.15) is 10.2 Å². The zero-order valence-corrected chi connectivity index (χ0v) is 31.4. The van der Waals surface area contributed by atoms with Gasteiger partial charge in [0.2, 0.25) is 0 Å². The van der Waals surface area contributed by atoms with Gasteiger partial charge in [-0.15, -0.1) is 0 Å². The van der Waals surface area contributed by atoms with E-state index in [1.54, 1.807) is 26.5 Å². The Morgan fingerprint density at radius 1 is 0.942 bits per heavy atom. The minimum atomic E-state index is -1.64. The maximum absolute atomic E-state index is 13.0. The molecule has 0 aliphatic carbocycles. The zero-order valence-electron chi connectivity index (χ0n) is 30.5. The topological polar surface area (TPSA) is 143 Å². The number of nitrogen functional groups attached to an aromatic ring is 1. The molecule has 13 heteroatoms. The minimum Gasteiger partial charge on any atom is -0.497 e. The first-order valence-corrected chi connectivity index (χ1v) is 18.5. The lowest BCUT2D eigenvalue weighted by atomic mass is 9.80. The number of nitriles is 1. The molecule has 1 saturated heterocycles. The summed E-state index contributed by atoms with van der Waals surface area (Å²) in [6, 6.07) is 29.5. The summed E-state index contributed by atoms with van der Waals surface area (Å²) in [5, 5.41) is 9.28. The quantitative estimate of drug-likeness (QED) is 0.0696. The molecule has 12 nitrogen and oxygen atoms in total. The van der Waals surface area contributed by atoms with Crippen molar-refractivity contribution in [1.29, 1.82) is 5.26 Å². The van der Waals surface area contributed by atoms with Crippen molar-refractivity contribution in [2.75, 3.05) is 33.2 Å². The summed E-state index contributed by atoms with van der Waals surface area (Å²) in [6.45, 7) is 8.60. The predicted molar refractivity (Wildman–Crippen MR) is 200 cm³/mol. The highest BCUT2D eigenvalue weighted by Crippen LogP contribution is 2.50. The van der Waals surface area contributed by atoms with Crippen LogP contribution in [0.1, 0.15) is 63.5 Å². The van der Waals surface area contributed by atoms with Crippen molar-refractivity contribution in [3.8, 4) is 17.6 Å². The average molecular weight is 730 g/mol. The second-order valence-electron chi connectivity index (χ2n) is 12.9. The maximum atomic E-state index is 13.0. The molecule has 0 amide bonds. The fourth-order valence-corrected chi connectivity index (χ4v) is 8.23. The van der Waals surface area contributed by atoms with Crippen molar-refractivity contribution in [1.82, 2.24) is 14.2 Å². The van der Waals surface area contributed by atoms with Gasteiger partial charge in [-0.05, 0) is 74.7 Å². The lowest BCUT2D eigenvalue weighted by molar-refractivity contribution is -0.0925. The number of hydrogen-bond donors (Lipinski definition) is 1. The molecule has 0 radical (unpaired) electrons. The molecule has 276 valence electrons. The van der Waals surface area contributed by atoms with Gasteiger partial charge in [-0.1, -0.05) is 54.6 Å². The number of methoxy groups -OCH3 is 2. The fraction of sp³-hybridized carbons (Fsp3) is 0.410. The van der Waals surface area contributed by atoms with Crippen molar-refractivity contribution in [3.05, 3.63) is 118 Å². The van der Waals surface area contributed by atoms with Crippen molar-refractivity contribution < 1.29 is 28.0 Å². The lowest BCUT2D eigenvalue weighted by Gasteiger charge is -2.39. The Hall–Kier alpha value is -4.34. The molecule has 0 spiro atoms. The van der Waals surface area contributed by atoms with Crippen LogP contribution in [0, 0.1) is 11.3 Å². The number of anilines is 1. The molecule has 1 aromatic heterocycles. The van der Waals surface area contributed by atoms with Crippen LogP contribution in [0.2, 0.25) is 0 Å². The summed E-state index contributed by atoms with van der Waals surface area (Å²) >= 11 is 0. The standard InChI is InChI=1S/C39H48N5O7P/c1-27(2)44(28(3)4)52(49-24-10-22-40)51-34-25-37(43-23-21-36(41)42-38(43)45)50-35(34)26-48-39(29-11-8-7-9-12-29,30-13-17-32(46-5)18-14-30)31-15-19-33(47-6)20-16-31/h7-9,11-21,23,27-28,34-35,37H,10,24-26H2,1-6H3,(H2,41,42,45). The van der Waals surface area contributed by atoms with Crippen LogP contribution in [0.5, 0.6) is 11.5 Å². The van der Waals surface area contributed by atoms with Crippen molar-refractivity contribution in [2.24, 2.45) is 0 Å². The van der Waals surface area contributed by atoms with Gasteiger partial charge in [-0.25, -0.2) is 9.46 Å². The summed E-state index contributed by atoms with van der Waals surface area (Å²) in [7, 11) is 1.63. The van der Waals surface area contributed by atoms with Crippen LogP contribution in [0.4, 0.5) is 5.82 Å². The number of ether oxygens (including phenoxy) is 4. The number of hydrogen-bond acceptors (Lipinski definition) is 11. The molecular weight excluding hydrogens is 681 g/mol. The van der Waals surface area contributed by atoms with Crippen molar-refractivity contribution in [3.63, 3.8) is 0 Å². The Labute approximate surface area is 307 Å². The Kier molecular flexibility index (Phi) is 13.4. The van der Waals surface area contributed by atoms with E-state index in [9.17, 15) is 10.1 Å². The maximum Gasteiger partial charge on any atom is 0.351 e. The Balaban J connectivity index is 1.59. The van der Waals surface area contributed by atoms with Crippen LogP contribution >= 0.6 is 8.53 Å². The largest absolute Gasteiger partial charge is 0.497 e. The monoisotopic (exact) mass is 729 g/mol. The molecule has 0 bridgehead atoms. The molecule has 2 heterocycles. The number of rotatable bonds is 17. The van der Waals surface area contributed by atoms with Gasteiger partial charge in [0.15, 0.2) is 0 Å². The molecule has 4 aromatic rings. The molecule has 1 aliphatic rings. The van der Waals surface area contributed by atoms with E-state index in [-0.39, 0.29) is 37.5 Å². The molecule has 2 N–H and O–H groups in total. The van der Waals surface area contributed by atoms with E-state index >= 15 is 0 Å². The first kappa shape index (κ1) is 38.9. The predicted octanol–water partition coefficient (Wildman–Crippen LogP) is 6.80. The van der Waals surface area contributed by atoms with Crippen LogP contribution in [0.3, 0.4) is 0 Å². The van der Waals surface area contributed by atoms with Crippen molar-refractivity contribution in [2.45, 2.75) is 76.7 Å². The van der Waals surface area contributed by atoms with Gasteiger partial charge in [0, 0.05) is 24.7 Å². The summed E-state index contributed by atoms with van der Waals surface area (Å²) < 4.78 is 41.6. The van der Waals surface area contributed by atoms with E-state index in [1.165, 1.54) is 4.57 Å². The van der Waals surface area contributed by atoms with Gasteiger partial charge in [0.05, 0.1) is 46.0 Å². The number of nitrogens with zero attached hydrogens (tertiary/aromatic N) is 4. The number of aromatic nitrogens is 2. The zero-order chi connectivity index (χ0) is 37.3. The van der Waals surface area contributed by atoms with Crippen LogP contribution in [-0.4, -0.2) is 65.9 Å². The van der Waals surface area contributed by atoms with E-state index in [4.69, 9.17) is 33.7 Å². The van der Waals surface area contributed by atoms with E-state index in [0.717, 1.165) is 16.7 Å². The van der Waals surface area contributed by atoms with Crippen LogP contribution in [-0.2, 0) is 24.1 Å². The number of nitrogens with two attached hydrogens (primary N) is 1. The third-order valence-corrected chi connectivity index (χ3v) is 11.0. The molecule has 3 aromatic carbocycles. The molecule has 0 saturated carbocycles. The SMILES string of the molecule is COc1ccc(C(OCC2OC(n3ccc(N)nc3=O)CC2OP(OCCC#N)N(C(C)C)C(C)C)(c2ccccc2)c2ccc(OC)cc2)cc1. The first-order valence-electron chi connectivity index (χ1n) is 17.3. The summed E-state index contributed by atoms with van der Waals surface area (Å²) in [6.07, 6.45) is 0.183. The molecule has 1 fully saturated rings. The van der Waals surface area contributed by atoms with Crippen molar-refractivity contribution >= 4 is 14.3 Å². The normalized spacial score (nSPS) is 18.1. The smallest absolute Gasteiger partial charge is 0.351 e. The molecule has 4 atom stereocenters. The lowest BCUT2D eigenvalue weighted by Crippen LogP contribution is -2.39. The molecule has 1 aliphatic heterocycles. The molecule has 52 heavy (non-hydrogen) atoms. The summed E-state index contributed by atoms with van der Waals surface area (Å²) in [5.74, 6) is 1.54. The highest BCUT2D eigenvalue weighted by atomic mass is 31.2. The highest BCUT2D eigenvalue weighted by molar-refractivity contribution is 7.44.